The van der Waals surface area contributed by atoms with Gasteiger partial charge in [-0.05, 0) is 48.9 Å². The Labute approximate surface area is 212 Å². The smallest absolute Gasteiger partial charge is 0.253 e. The molecule has 1 aliphatic heterocycles. The van der Waals surface area contributed by atoms with Crippen LogP contribution in [0.4, 0.5) is 0 Å². The lowest BCUT2D eigenvalue weighted by Gasteiger charge is -2.37. The van der Waals surface area contributed by atoms with Crippen LogP contribution in [0, 0.1) is 5.92 Å². The maximum Gasteiger partial charge on any atom is 0.253 e. The summed E-state index contributed by atoms with van der Waals surface area (Å²) in [7, 11) is 1.66. The summed E-state index contributed by atoms with van der Waals surface area (Å²) in [5.74, 6) is 0.0131. The minimum absolute atomic E-state index is 0.0862. The van der Waals surface area contributed by atoms with Gasteiger partial charge in [-0.15, -0.1) is 0 Å². The number of nitrogens with one attached hydrogen (secondary N) is 1. The van der Waals surface area contributed by atoms with Crippen molar-refractivity contribution in [2.45, 2.75) is 58.2 Å². The molecule has 188 valence electrons. The first-order valence-electron chi connectivity index (χ1n) is 11.9. The average Bonchev–Trinajstić information content (AvgIpc) is 2.82. The fourth-order valence-corrected chi connectivity index (χ4v) is 4.30. The number of hydrogen-bond donors (Lipinski definition) is 2. The summed E-state index contributed by atoms with van der Waals surface area (Å²) in [6, 6.07) is 14.8. The molecule has 0 saturated carbocycles. The number of carbonyl (C=O) groups is 2. The lowest BCUT2D eigenvalue weighted by atomic mass is 9.84. The summed E-state index contributed by atoms with van der Waals surface area (Å²) in [5, 5.41) is 3.45. The highest BCUT2D eigenvalue weighted by atomic mass is 35.5. The van der Waals surface area contributed by atoms with Crippen molar-refractivity contribution < 1.29 is 14.3 Å². The van der Waals surface area contributed by atoms with E-state index in [0.717, 1.165) is 24.0 Å². The number of nitrogens with zero attached hydrogens (tertiary/aromatic N) is 2. The number of amides is 2. The van der Waals surface area contributed by atoms with Crippen molar-refractivity contribution in [1.29, 1.82) is 0 Å². The number of carbonyl (C=O) groups excluding carboxylic acids is 2. The van der Waals surface area contributed by atoms with Crippen molar-refractivity contribution >= 4 is 29.4 Å². The van der Waals surface area contributed by atoms with E-state index in [-0.39, 0.29) is 42.7 Å². The lowest BCUT2D eigenvalue weighted by molar-refractivity contribution is -0.130. The van der Waals surface area contributed by atoms with Gasteiger partial charge >= 0.3 is 0 Å². The molecule has 2 aromatic carbocycles. The second-order valence-electron chi connectivity index (χ2n) is 9.52. The minimum Gasteiger partial charge on any atom is -0.385 e. The number of nitrogens with two attached hydrogens (primary N) is 1. The van der Waals surface area contributed by atoms with Crippen LogP contribution in [0.25, 0.3) is 0 Å². The normalized spacial score (nSPS) is 19.0. The molecule has 35 heavy (non-hydrogen) atoms. The minimum atomic E-state index is -0.516. The predicted molar refractivity (Wildman–Crippen MR) is 139 cm³/mol. The van der Waals surface area contributed by atoms with E-state index in [1.807, 2.05) is 51.1 Å². The maximum absolute atomic E-state index is 13.3. The van der Waals surface area contributed by atoms with Gasteiger partial charge in [-0.1, -0.05) is 61.8 Å². The standard InChI is InChI=1S/C27H35ClN4O3/c1-18(2)27(3)16-24(33)32(26(29)31-27)17-19-12-13-22(28)21(15-19)25(34)30-23(11-8-14-35-4)20-9-6-5-7-10-20/h5-7,9-10,12-13,15,18,23H,8,11,14,16-17H2,1-4H3,(H2,29,31)(H,30,34)/t23-,27-/m0/s1. The Bertz CT molecular complexity index is 1070. The molecule has 8 heteroatoms. The first kappa shape index (κ1) is 26.7. The third-order valence-corrected chi connectivity index (χ3v) is 6.99. The van der Waals surface area contributed by atoms with Crippen LogP contribution >= 0.6 is 11.6 Å². The van der Waals surface area contributed by atoms with E-state index in [1.54, 1.807) is 25.3 Å². The fourth-order valence-electron chi connectivity index (χ4n) is 4.10. The van der Waals surface area contributed by atoms with Crippen LogP contribution < -0.4 is 11.1 Å². The van der Waals surface area contributed by atoms with E-state index in [1.165, 1.54) is 4.90 Å². The van der Waals surface area contributed by atoms with Gasteiger partial charge in [-0.3, -0.25) is 14.5 Å². The average molecular weight is 499 g/mol. The number of methoxy groups -OCH3 is 1. The highest BCUT2D eigenvalue weighted by Gasteiger charge is 2.38. The van der Waals surface area contributed by atoms with Gasteiger partial charge < -0.3 is 15.8 Å². The molecule has 7 nitrogen and oxygen atoms in total. The van der Waals surface area contributed by atoms with Crippen LogP contribution in [0.2, 0.25) is 5.02 Å². The maximum atomic E-state index is 13.3. The van der Waals surface area contributed by atoms with Crippen molar-refractivity contribution in [2.75, 3.05) is 13.7 Å². The number of hydrogen-bond acceptors (Lipinski definition) is 5. The summed E-state index contributed by atoms with van der Waals surface area (Å²) in [5.41, 5.74) is 7.78. The van der Waals surface area contributed by atoms with E-state index in [4.69, 9.17) is 22.1 Å². The van der Waals surface area contributed by atoms with Crippen LogP contribution in [-0.4, -0.2) is 41.9 Å². The van der Waals surface area contributed by atoms with Crippen molar-refractivity contribution in [3.05, 3.63) is 70.2 Å². The molecule has 0 spiro atoms. The van der Waals surface area contributed by atoms with Crippen LogP contribution in [0.15, 0.2) is 53.5 Å². The molecule has 3 N–H and O–H groups in total. The first-order valence-corrected chi connectivity index (χ1v) is 12.3. The van der Waals surface area contributed by atoms with Gasteiger partial charge in [0.2, 0.25) is 5.91 Å². The largest absolute Gasteiger partial charge is 0.385 e. The number of aliphatic imine (C=N–C) groups is 1. The number of rotatable bonds is 10. The fraction of sp³-hybridized carbons (Fsp3) is 0.444. The summed E-state index contributed by atoms with van der Waals surface area (Å²) in [4.78, 5) is 32.2. The highest BCUT2D eigenvalue weighted by Crippen LogP contribution is 2.30. The summed E-state index contributed by atoms with van der Waals surface area (Å²) in [6.45, 7) is 6.83. The first-order chi connectivity index (χ1) is 16.6. The molecule has 3 rings (SSSR count). The molecule has 1 heterocycles. The van der Waals surface area contributed by atoms with Gasteiger partial charge in [-0.2, -0.15) is 0 Å². The zero-order valence-corrected chi connectivity index (χ0v) is 21.6. The Morgan fingerprint density at radius 2 is 1.97 bits per heavy atom. The number of halogens is 1. The van der Waals surface area contributed by atoms with Gasteiger partial charge in [0.25, 0.3) is 5.91 Å². The Morgan fingerprint density at radius 1 is 1.26 bits per heavy atom. The molecular weight excluding hydrogens is 464 g/mol. The molecule has 2 aromatic rings. The molecule has 0 aromatic heterocycles. The second kappa shape index (κ2) is 11.7. The second-order valence-corrected chi connectivity index (χ2v) is 9.93. The van der Waals surface area contributed by atoms with E-state index in [0.29, 0.717) is 17.2 Å². The van der Waals surface area contributed by atoms with E-state index in [9.17, 15) is 9.59 Å². The molecule has 0 radical (unpaired) electrons. The van der Waals surface area contributed by atoms with E-state index >= 15 is 0 Å². The van der Waals surface area contributed by atoms with Crippen LogP contribution in [0.3, 0.4) is 0 Å². The molecule has 0 bridgehead atoms. The van der Waals surface area contributed by atoms with Crippen molar-refractivity contribution in [3.8, 4) is 0 Å². The zero-order chi connectivity index (χ0) is 25.6. The SMILES string of the molecule is COCCC[C@H](NC(=O)c1cc(CN2C(=O)C[C@@](C)(C(C)C)N=C2N)ccc1Cl)c1ccccc1. The van der Waals surface area contributed by atoms with Crippen LogP contribution in [0.1, 0.15) is 67.6 Å². The van der Waals surface area contributed by atoms with Gasteiger partial charge in [0, 0.05) is 13.7 Å². The Kier molecular flexibility index (Phi) is 8.92. The summed E-state index contributed by atoms with van der Waals surface area (Å²) < 4.78 is 5.18. The molecule has 1 aliphatic rings. The Morgan fingerprint density at radius 3 is 2.60 bits per heavy atom. The number of ether oxygens (including phenoxy) is 1. The van der Waals surface area contributed by atoms with Gasteiger partial charge in [0.1, 0.15) is 0 Å². The third-order valence-electron chi connectivity index (χ3n) is 6.67. The van der Waals surface area contributed by atoms with Crippen molar-refractivity contribution in [2.24, 2.45) is 16.6 Å². The van der Waals surface area contributed by atoms with Crippen LogP contribution in [0.5, 0.6) is 0 Å². The third kappa shape index (κ3) is 6.61. The Hall–Kier alpha value is -2.90. The Balaban J connectivity index is 1.79. The molecule has 0 saturated heterocycles. The molecule has 2 atom stereocenters. The summed E-state index contributed by atoms with van der Waals surface area (Å²) >= 11 is 6.41. The van der Waals surface area contributed by atoms with E-state index < -0.39 is 5.54 Å². The highest BCUT2D eigenvalue weighted by molar-refractivity contribution is 6.33. The van der Waals surface area contributed by atoms with Crippen LogP contribution in [-0.2, 0) is 16.1 Å². The lowest BCUT2D eigenvalue weighted by Crippen LogP contribution is -2.51. The van der Waals surface area contributed by atoms with Gasteiger partial charge in [0.05, 0.1) is 35.1 Å². The van der Waals surface area contributed by atoms with Crippen molar-refractivity contribution in [3.63, 3.8) is 0 Å². The van der Waals surface area contributed by atoms with E-state index in [2.05, 4.69) is 10.3 Å². The van der Waals surface area contributed by atoms with Gasteiger partial charge in [-0.25, -0.2) is 4.99 Å². The predicted octanol–water partition coefficient (Wildman–Crippen LogP) is 4.70. The monoisotopic (exact) mass is 498 g/mol. The quantitative estimate of drug-likeness (QED) is 0.464. The number of benzene rings is 2. The zero-order valence-electron chi connectivity index (χ0n) is 20.9. The molecule has 0 aliphatic carbocycles. The molecule has 0 fully saturated rings. The summed E-state index contributed by atoms with van der Waals surface area (Å²) in [6.07, 6.45) is 1.81. The topological polar surface area (TPSA) is 97.0 Å². The van der Waals surface area contributed by atoms with Gasteiger partial charge in [0.15, 0.2) is 5.96 Å². The molecule has 0 unspecified atom stereocenters. The molecular formula is C27H35ClN4O3. The number of guanidine groups is 1. The molecule has 2 amide bonds. The van der Waals surface area contributed by atoms with Crippen molar-refractivity contribution in [1.82, 2.24) is 10.2 Å².